The van der Waals surface area contributed by atoms with E-state index in [0.29, 0.717) is 56.2 Å². The lowest BCUT2D eigenvalue weighted by atomic mass is 9.96. The quantitative estimate of drug-likeness (QED) is 0.158. The summed E-state index contributed by atoms with van der Waals surface area (Å²) in [4.78, 5) is 67.1. The first-order valence-corrected chi connectivity index (χ1v) is 16.5. The van der Waals surface area contributed by atoms with Crippen LogP contribution in [-0.2, 0) is 25.6 Å². The van der Waals surface area contributed by atoms with Crippen molar-refractivity contribution in [2.24, 2.45) is 0 Å². The minimum Gasteiger partial charge on any atom is -0.480 e. The monoisotopic (exact) mass is 687 g/mol. The fourth-order valence-corrected chi connectivity index (χ4v) is 6.04. The Hall–Kier alpha value is -3.88. The second-order valence-electron chi connectivity index (χ2n) is 12.0. The van der Waals surface area contributed by atoms with Gasteiger partial charge in [0.15, 0.2) is 0 Å². The number of nitrogens with zero attached hydrogens (tertiary/aromatic N) is 4. The largest absolute Gasteiger partial charge is 0.480 e. The van der Waals surface area contributed by atoms with Gasteiger partial charge in [0, 0.05) is 69.5 Å². The van der Waals surface area contributed by atoms with Gasteiger partial charge in [-0.25, -0.2) is 0 Å². The summed E-state index contributed by atoms with van der Waals surface area (Å²) >= 11 is 6.30. The van der Waals surface area contributed by atoms with Gasteiger partial charge in [-0.2, -0.15) is 0 Å². The number of rotatable bonds is 15. The average Bonchev–Trinajstić information content (AvgIpc) is 3.03. The van der Waals surface area contributed by atoms with Crippen molar-refractivity contribution in [1.82, 2.24) is 24.9 Å². The normalized spacial score (nSPS) is 16.7. The number of benzene rings is 2. The predicted octanol–water partition coefficient (Wildman–Crippen LogP) is 1.79. The van der Waals surface area contributed by atoms with Gasteiger partial charge in [-0.3, -0.25) is 38.8 Å². The lowest BCUT2D eigenvalue weighted by molar-refractivity contribution is -0.144. The van der Waals surface area contributed by atoms with Crippen LogP contribution >= 0.6 is 11.6 Å². The summed E-state index contributed by atoms with van der Waals surface area (Å²) in [5, 5.41) is 32.6. The van der Waals surface area contributed by atoms with Gasteiger partial charge in [0.2, 0.25) is 0 Å². The fourth-order valence-electron chi connectivity index (χ4n) is 5.85. The van der Waals surface area contributed by atoms with Crippen LogP contribution in [0.2, 0.25) is 5.02 Å². The Balaban J connectivity index is 1.67. The molecule has 1 saturated heterocycles. The van der Waals surface area contributed by atoms with Crippen molar-refractivity contribution < 1.29 is 39.3 Å². The lowest BCUT2D eigenvalue weighted by Crippen LogP contribution is -2.51. The van der Waals surface area contributed by atoms with E-state index in [-0.39, 0.29) is 58.1 Å². The Morgan fingerprint density at radius 2 is 1.38 bits per heavy atom. The molecule has 2 aromatic rings. The van der Waals surface area contributed by atoms with E-state index < -0.39 is 23.9 Å². The van der Waals surface area contributed by atoms with Crippen LogP contribution in [-0.4, -0.2) is 150 Å². The fraction of sp³-hybridized carbons (Fsp3) is 0.500. The molecule has 262 valence electrons. The molecule has 0 radical (unpaired) electrons. The SMILES string of the molecule is Cc1c(Cl)cccc1Cc1ccccc1C(=O)NCCCC(C(=O)O)N1CCN(CC=O)CCN(CC(=O)O)CCN(CC(=O)O)CC1. The second-order valence-corrected chi connectivity index (χ2v) is 12.4. The maximum Gasteiger partial charge on any atom is 0.320 e. The smallest absolute Gasteiger partial charge is 0.320 e. The minimum absolute atomic E-state index is 0.113. The van der Waals surface area contributed by atoms with E-state index in [1.54, 1.807) is 26.8 Å². The number of nitrogens with one attached hydrogen (secondary N) is 1. The van der Waals surface area contributed by atoms with Crippen LogP contribution < -0.4 is 5.32 Å². The summed E-state index contributed by atoms with van der Waals surface area (Å²) < 4.78 is 0. The Bertz CT molecular complexity index is 1410. The number of hydrogen-bond donors (Lipinski definition) is 4. The van der Waals surface area contributed by atoms with Crippen LogP contribution in [0.5, 0.6) is 0 Å². The van der Waals surface area contributed by atoms with Crippen molar-refractivity contribution in [3.05, 3.63) is 69.7 Å². The highest BCUT2D eigenvalue weighted by molar-refractivity contribution is 6.31. The third kappa shape index (κ3) is 12.6. The summed E-state index contributed by atoms with van der Waals surface area (Å²) in [5.41, 5.74) is 3.35. The highest BCUT2D eigenvalue weighted by Crippen LogP contribution is 2.23. The van der Waals surface area contributed by atoms with Crippen LogP contribution in [0.25, 0.3) is 0 Å². The van der Waals surface area contributed by atoms with Crippen molar-refractivity contribution in [2.75, 3.05) is 78.5 Å². The first kappa shape index (κ1) is 38.6. The van der Waals surface area contributed by atoms with Gasteiger partial charge in [-0.15, -0.1) is 0 Å². The molecule has 4 N–H and O–H groups in total. The third-order valence-corrected chi connectivity index (χ3v) is 9.02. The molecule has 1 aliphatic heterocycles. The molecule has 48 heavy (non-hydrogen) atoms. The van der Waals surface area contributed by atoms with E-state index >= 15 is 0 Å². The lowest BCUT2D eigenvalue weighted by Gasteiger charge is -2.35. The van der Waals surface area contributed by atoms with Crippen LogP contribution in [0.15, 0.2) is 42.5 Å². The number of aldehydes is 1. The predicted molar refractivity (Wildman–Crippen MR) is 181 cm³/mol. The zero-order valence-corrected chi connectivity index (χ0v) is 28.1. The van der Waals surface area contributed by atoms with E-state index in [4.69, 9.17) is 11.6 Å². The Labute approximate surface area is 286 Å². The van der Waals surface area contributed by atoms with E-state index in [1.807, 2.05) is 42.2 Å². The molecule has 2 aromatic carbocycles. The highest BCUT2D eigenvalue weighted by Gasteiger charge is 2.27. The maximum atomic E-state index is 13.2. The van der Waals surface area contributed by atoms with Crippen LogP contribution in [0, 0.1) is 6.92 Å². The molecule has 1 fully saturated rings. The van der Waals surface area contributed by atoms with E-state index in [9.17, 15) is 39.3 Å². The van der Waals surface area contributed by atoms with Crippen molar-refractivity contribution in [3.8, 4) is 0 Å². The molecule has 1 heterocycles. The summed E-state index contributed by atoms with van der Waals surface area (Å²) in [5.74, 6) is -3.33. The molecule has 1 aliphatic rings. The molecule has 0 bridgehead atoms. The number of carboxylic acids is 3. The third-order valence-electron chi connectivity index (χ3n) is 8.61. The summed E-state index contributed by atoms with van der Waals surface area (Å²) in [6.07, 6.45) is 1.91. The van der Waals surface area contributed by atoms with Gasteiger partial charge in [0.1, 0.15) is 12.3 Å². The zero-order valence-electron chi connectivity index (χ0n) is 27.4. The van der Waals surface area contributed by atoms with Crippen molar-refractivity contribution >= 4 is 41.7 Å². The molecule has 13 nitrogen and oxygen atoms in total. The van der Waals surface area contributed by atoms with Gasteiger partial charge in [0.25, 0.3) is 5.91 Å². The Kier molecular flexibility index (Phi) is 15.9. The van der Waals surface area contributed by atoms with Gasteiger partial charge in [-0.1, -0.05) is 41.9 Å². The van der Waals surface area contributed by atoms with Gasteiger partial charge in [-0.05, 0) is 55.0 Å². The first-order chi connectivity index (χ1) is 23.0. The molecule has 1 unspecified atom stereocenters. The van der Waals surface area contributed by atoms with E-state index in [2.05, 4.69) is 5.32 Å². The molecule has 14 heteroatoms. The average molecular weight is 688 g/mol. The number of carbonyl (C=O) groups is 5. The van der Waals surface area contributed by atoms with Crippen molar-refractivity contribution in [2.45, 2.75) is 32.2 Å². The minimum atomic E-state index is -1.04. The van der Waals surface area contributed by atoms with E-state index in [1.165, 1.54) is 0 Å². The Morgan fingerprint density at radius 3 is 1.98 bits per heavy atom. The summed E-state index contributed by atoms with van der Waals surface area (Å²) in [7, 11) is 0. The van der Waals surface area contributed by atoms with Gasteiger partial charge in [0.05, 0.1) is 19.6 Å². The topological polar surface area (TPSA) is 171 Å². The Morgan fingerprint density at radius 1 is 0.812 bits per heavy atom. The number of amides is 1. The number of halogens is 1. The molecule has 1 atom stereocenters. The van der Waals surface area contributed by atoms with Gasteiger partial charge >= 0.3 is 17.9 Å². The summed E-state index contributed by atoms with van der Waals surface area (Å²) in [6.45, 7) is 4.32. The maximum absolute atomic E-state index is 13.2. The molecular weight excluding hydrogens is 642 g/mol. The molecule has 0 saturated carbocycles. The molecule has 0 aliphatic carbocycles. The highest BCUT2D eigenvalue weighted by atomic mass is 35.5. The van der Waals surface area contributed by atoms with E-state index in [0.717, 1.165) is 23.0 Å². The zero-order chi connectivity index (χ0) is 35.1. The van der Waals surface area contributed by atoms with Crippen molar-refractivity contribution in [1.29, 1.82) is 0 Å². The number of aliphatic carboxylic acids is 3. The summed E-state index contributed by atoms with van der Waals surface area (Å²) in [6, 6.07) is 12.1. The number of carboxylic acid groups (broad SMARTS) is 3. The molecule has 0 spiro atoms. The van der Waals surface area contributed by atoms with Gasteiger partial charge < -0.3 is 25.4 Å². The van der Waals surface area contributed by atoms with Crippen molar-refractivity contribution in [3.63, 3.8) is 0 Å². The number of hydrogen-bond acceptors (Lipinski definition) is 9. The molecular formula is C34H46ClN5O8. The van der Waals surface area contributed by atoms with Crippen LogP contribution in [0.4, 0.5) is 0 Å². The first-order valence-electron chi connectivity index (χ1n) is 16.1. The standard InChI is InChI=1S/C34H46ClN5O8/c1-25-26(7-4-9-29(25)35)22-27-6-2-3-8-28(27)33(46)36-11-5-10-30(34(47)48)40-18-16-37(20-21-41)12-13-38(23-31(42)43)14-15-39(17-19-40)24-32(44)45/h2-4,6-9,21,30H,5,10-20,22-24H2,1H3,(H,36,46)(H,42,43)(H,44,45)(H,47,48). The molecule has 3 rings (SSSR count). The van der Waals surface area contributed by atoms with Crippen LogP contribution in [0.1, 0.15) is 39.9 Å². The second kappa shape index (κ2) is 19.8. The molecule has 1 amide bonds. The molecule has 0 aromatic heterocycles. The number of carbonyl (C=O) groups excluding carboxylic acids is 2. The van der Waals surface area contributed by atoms with Crippen LogP contribution in [0.3, 0.4) is 0 Å².